The average molecular weight is 445 g/mol. The standard InChI is InChI=1S/C17H27N5O7S/c1-3-28-12-11(24)9(8-23)29-15(12)22-13-10(14(25)21-16(18)20-13)19-17(22)30-7-6-27-5-4-26-2/h9,11-12,15,23-24H,3-8H2,1-2H3,(H3,18,20,21,25)/t9-,11-,12-,15-/m1/s1. The summed E-state index contributed by atoms with van der Waals surface area (Å²) < 4.78 is 23.6. The summed E-state index contributed by atoms with van der Waals surface area (Å²) >= 11 is 1.34. The van der Waals surface area contributed by atoms with Crippen molar-refractivity contribution in [1.82, 2.24) is 19.5 Å². The lowest BCUT2D eigenvalue weighted by Crippen LogP contribution is -2.35. The van der Waals surface area contributed by atoms with E-state index in [9.17, 15) is 15.0 Å². The molecule has 0 amide bonds. The summed E-state index contributed by atoms with van der Waals surface area (Å²) in [5, 5.41) is 20.5. The molecule has 0 unspecified atom stereocenters. The summed E-state index contributed by atoms with van der Waals surface area (Å²) in [7, 11) is 1.60. The Labute approximate surface area is 176 Å². The Hall–Kier alpha value is -1.74. The van der Waals surface area contributed by atoms with Gasteiger partial charge in [-0.15, -0.1) is 0 Å². The minimum absolute atomic E-state index is 0.0710. The number of ether oxygens (including phenoxy) is 4. The smallest absolute Gasteiger partial charge is 0.280 e. The Bertz CT molecular complexity index is 891. The highest BCUT2D eigenvalue weighted by Gasteiger charge is 2.46. The van der Waals surface area contributed by atoms with Gasteiger partial charge in [0.1, 0.15) is 18.3 Å². The van der Waals surface area contributed by atoms with Gasteiger partial charge in [0.15, 0.2) is 22.5 Å². The largest absolute Gasteiger partial charge is 0.394 e. The van der Waals surface area contributed by atoms with Gasteiger partial charge in [-0.05, 0) is 6.92 Å². The highest BCUT2D eigenvalue weighted by molar-refractivity contribution is 7.99. The van der Waals surface area contributed by atoms with Crippen LogP contribution in [0.15, 0.2) is 9.95 Å². The van der Waals surface area contributed by atoms with E-state index in [1.54, 1.807) is 18.6 Å². The molecule has 168 valence electrons. The summed E-state index contributed by atoms with van der Waals surface area (Å²) in [6, 6.07) is 0. The van der Waals surface area contributed by atoms with E-state index >= 15 is 0 Å². The number of nitrogens with two attached hydrogens (primary N) is 1. The van der Waals surface area contributed by atoms with Crippen molar-refractivity contribution in [3.8, 4) is 0 Å². The fourth-order valence-electron chi connectivity index (χ4n) is 3.20. The monoisotopic (exact) mass is 445 g/mol. The molecule has 1 saturated heterocycles. The number of rotatable bonds is 11. The third-order valence-corrected chi connectivity index (χ3v) is 5.45. The van der Waals surface area contributed by atoms with Crippen molar-refractivity contribution < 1.29 is 29.2 Å². The minimum Gasteiger partial charge on any atom is -0.394 e. The summed E-state index contributed by atoms with van der Waals surface area (Å²) in [5.74, 6) is 0.469. The maximum absolute atomic E-state index is 12.4. The molecular formula is C17H27N5O7S. The van der Waals surface area contributed by atoms with Crippen molar-refractivity contribution in [2.45, 2.75) is 36.6 Å². The van der Waals surface area contributed by atoms with E-state index in [1.165, 1.54) is 11.8 Å². The van der Waals surface area contributed by atoms with Gasteiger partial charge in [-0.25, -0.2) is 4.98 Å². The quantitative estimate of drug-likeness (QED) is 0.250. The number of nitrogens with one attached hydrogen (secondary N) is 1. The van der Waals surface area contributed by atoms with Gasteiger partial charge in [-0.1, -0.05) is 11.8 Å². The van der Waals surface area contributed by atoms with Gasteiger partial charge in [0.25, 0.3) is 5.56 Å². The van der Waals surface area contributed by atoms with Crippen molar-refractivity contribution >= 4 is 28.9 Å². The highest BCUT2D eigenvalue weighted by atomic mass is 32.2. The molecule has 0 radical (unpaired) electrons. The number of hydrogen-bond acceptors (Lipinski definition) is 11. The molecule has 13 heteroatoms. The molecule has 0 bridgehead atoms. The van der Waals surface area contributed by atoms with Gasteiger partial charge in [0.2, 0.25) is 5.95 Å². The van der Waals surface area contributed by atoms with E-state index in [0.29, 0.717) is 37.3 Å². The number of thioether (sulfide) groups is 1. The molecule has 0 saturated carbocycles. The number of imidazole rings is 1. The number of anilines is 1. The number of aliphatic hydroxyl groups excluding tert-OH is 2. The summed E-state index contributed by atoms with van der Waals surface area (Å²) in [4.78, 5) is 23.4. The molecule has 3 rings (SSSR count). The predicted octanol–water partition coefficient (Wildman–Crippen LogP) is -0.887. The number of nitrogen functional groups attached to an aromatic ring is 1. The first-order valence-electron chi connectivity index (χ1n) is 9.55. The zero-order valence-corrected chi connectivity index (χ0v) is 17.6. The predicted molar refractivity (Wildman–Crippen MR) is 108 cm³/mol. The van der Waals surface area contributed by atoms with Crippen LogP contribution in [0.2, 0.25) is 0 Å². The van der Waals surface area contributed by atoms with Crippen LogP contribution in [0.5, 0.6) is 0 Å². The lowest BCUT2D eigenvalue weighted by molar-refractivity contribution is -0.0715. The fraction of sp³-hybridized carbons (Fsp3) is 0.706. The lowest BCUT2D eigenvalue weighted by Gasteiger charge is -2.22. The second kappa shape index (κ2) is 10.5. The third kappa shape index (κ3) is 4.77. The fourth-order valence-corrected chi connectivity index (χ4v) is 4.07. The first-order valence-corrected chi connectivity index (χ1v) is 10.5. The van der Waals surface area contributed by atoms with Crippen molar-refractivity contribution in [3.63, 3.8) is 0 Å². The maximum atomic E-state index is 12.4. The molecule has 0 aliphatic carbocycles. The van der Waals surface area contributed by atoms with Gasteiger partial charge in [0, 0.05) is 19.5 Å². The Balaban J connectivity index is 1.95. The number of methoxy groups -OCH3 is 1. The van der Waals surface area contributed by atoms with Crippen molar-refractivity contribution in [1.29, 1.82) is 0 Å². The molecular weight excluding hydrogens is 418 g/mol. The van der Waals surface area contributed by atoms with Crippen molar-refractivity contribution in [3.05, 3.63) is 10.4 Å². The van der Waals surface area contributed by atoms with Crippen LogP contribution in [-0.4, -0.2) is 93.9 Å². The SMILES string of the molecule is CCO[C@@H]1[C@H](O)[C@@H](CO)O[C@H]1n1c(SCCOCCOC)nc2c(=O)[nH]c(N)nc21. The molecule has 2 aromatic heterocycles. The number of nitrogens with zero attached hydrogens (tertiary/aromatic N) is 3. The van der Waals surface area contributed by atoms with Gasteiger partial charge in [-0.2, -0.15) is 4.98 Å². The Kier molecular flexibility index (Phi) is 8.05. The van der Waals surface area contributed by atoms with Gasteiger partial charge in [-0.3, -0.25) is 14.3 Å². The van der Waals surface area contributed by atoms with Crippen LogP contribution in [0.1, 0.15) is 13.2 Å². The van der Waals surface area contributed by atoms with Crippen LogP contribution >= 0.6 is 11.8 Å². The summed E-state index contributed by atoms with van der Waals surface area (Å²) in [6.07, 6.45) is -3.55. The topological polar surface area (TPSA) is 167 Å². The van der Waals surface area contributed by atoms with Crippen LogP contribution in [0.3, 0.4) is 0 Å². The zero-order chi connectivity index (χ0) is 21.7. The minimum atomic E-state index is -1.06. The van der Waals surface area contributed by atoms with Crippen molar-refractivity contribution in [2.24, 2.45) is 0 Å². The lowest BCUT2D eigenvalue weighted by atomic mass is 10.1. The van der Waals surface area contributed by atoms with Gasteiger partial charge >= 0.3 is 0 Å². The molecule has 1 aliphatic heterocycles. The van der Waals surface area contributed by atoms with E-state index in [2.05, 4.69) is 15.0 Å². The summed E-state index contributed by atoms with van der Waals surface area (Å²) in [6.45, 7) is 3.11. The van der Waals surface area contributed by atoms with E-state index in [1.807, 2.05) is 0 Å². The first-order chi connectivity index (χ1) is 14.5. The number of fused-ring (bicyclic) bond motifs is 1. The van der Waals surface area contributed by atoms with E-state index in [4.69, 9.17) is 24.7 Å². The average Bonchev–Trinajstić information content (AvgIpc) is 3.22. The zero-order valence-electron chi connectivity index (χ0n) is 16.8. The molecule has 12 nitrogen and oxygen atoms in total. The molecule has 30 heavy (non-hydrogen) atoms. The van der Waals surface area contributed by atoms with Gasteiger partial charge in [0.05, 0.1) is 26.4 Å². The first kappa shape index (κ1) is 22.9. The van der Waals surface area contributed by atoms with E-state index in [-0.39, 0.29) is 23.7 Å². The Morgan fingerprint density at radius 1 is 1.33 bits per heavy atom. The molecule has 1 aliphatic rings. The molecule has 5 N–H and O–H groups in total. The number of aromatic nitrogens is 4. The Morgan fingerprint density at radius 2 is 2.13 bits per heavy atom. The Morgan fingerprint density at radius 3 is 2.83 bits per heavy atom. The van der Waals surface area contributed by atoms with Crippen LogP contribution in [0, 0.1) is 0 Å². The molecule has 4 atom stereocenters. The number of hydrogen-bond donors (Lipinski definition) is 4. The number of H-pyrrole nitrogens is 1. The van der Waals surface area contributed by atoms with Crippen LogP contribution in [-0.2, 0) is 18.9 Å². The second-order valence-electron chi connectivity index (χ2n) is 6.50. The summed E-state index contributed by atoms with van der Waals surface area (Å²) in [5.41, 5.74) is 5.55. The molecule has 0 spiro atoms. The molecule has 1 fully saturated rings. The van der Waals surface area contributed by atoms with E-state index in [0.717, 1.165) is 0 Å². The molecule has 0 aromatic carbocycles. The highest BCUT2D eigenvalue weighted by Crippen LogP contribution is 2.36. The van der Waals surface area contributed by atoms with E-state index < -0.39 is 30.1 Å². The third-order valence-electron chi connectivity index (χ3n) is 4.53. The van der Waals surface area contributed by atoms with Gasteiger partial charge < -0.3 is 34.9 Å². The molecule has 3 heterocycles. The van der Waals surface area contributed by atoms with Crippen LogP contribution in [0.4, 0.5) is 5.95 Å². The van der Waals surface area contributed by atoms with Crippen LogP contribution in [0.25, 0.3) is 11.2 Å². The number of aliphatic hydroxyl groups is 2. The normalized spacial score (nSPS) is 24.1. The molecule has 2 aromatic rings. The second-order valence-corrected chi connectivity index (χ2v) is 7.56. The van der Waals surface area contributed by atoms with Crippen LogP contribution < -0.4 is 11.3 Å². The number of aromatic amines is 1. The maximum Gasteiger partial charge on any atom is 0.280 e. The van der Waals surface area contributed by atoms with Crippen molar-refractivity contribution in [2.75, 3.05) is 51.6 Å².